The lowest BCUT2D eigenvalue weighted by atomic mass is 9.48. The predicted molar refractivity (Wildman–Crippen MR) is 76.7 cm³/mol. The molecule has 4 saturated carbocycles. The zero-order chi connectivity index (χ0) is 17.9. The van der Waals surface area contributed by atoms with Gasteiger partial charge in [0, 0.05) is 0 Å². The summed E-state index contributed by atoms with van der Waals surface area (Å²) in [5, 5.41) is 21.4. The van der Waals surface area contributed by atoms with Crippen LogP contribution >= 0.6 is 0 Å². The molecule has 0 spiro atoms. The van der Waals surface area contributed by atoms with Gasteiger partial charge in [-0.25, -0.2) is 0 Å². The van der Waals surface area contributed by atoms with Gasteiger partial charge in [0.05, 0.1) is 11.0 Å². The van der Waals surface area contributed by atoms with E-state index in [0.717, 1.165) is 6.42 Å². The summed E-state index contributed by atoms with van der Waals surface area (Å²) in [7, 11) is 0. The van der Waals surface area contributed by atoms with Crippen molar-refractivity contribution in [3.05, 3.63) is 0 Å². The quantitative estimate of drug-likeness (QED) is 0.759. The first-order valence-electron chi connectivity index (χ1n) is 8.50. The maximum absolute atomic E-state index is 13.9. The molecule has 0 radical (unpaired) electrons. The third-order valence-corrected chi connectivity index (χ3v) is 5.93. The van der Waals surface area contributed by atoms with Crippen molar-refractivity contribution in [1.82, 2.24) is 0 Å². The number of aliphatic hydroxyl groups is 1. The molecule has 1 N–H and O–H groups in total. The van der Waals surface area contributed by atoms with Crippen LogP contribution in [0.1, 0.15) is 52.4 Å². The van der Waals surface area contributed by atoms with Crippen molar-refractivity contribution in [2.45, 2.75) is 70.0 Å². The predicted octanol–water partition coefficient (Wildman–Crippen LogP) is 1.27. The molecule has 0 heterocycles. The minimum Gasteiger partial charge on any atom is -0.544 e. The molecule has 7 heteroatoms. The van der Waals surface area contributed by atoms with Crippen LogP contribution in [-0.4, -0.2) is 34.7 Å². The Bertz CT molecular complexity index is 545. The molecule has 4 aliphatic carbocycles. The number of hydrogen-bond donors (Lipinski definition) is 1. The van der Waals surface area contributed by atoms with Crippen LogP contribution in [0.5, 0.6) is 0 Å². The van der Waals surface area contributed by atoms with Gasteiger partial charge in [0.15, 0.2) is 6.10 Å². The molecular weight excluding hydrogens is 322 g/mol. The van der Waals surface area contributed by atoms with Gasteiger partial charge in [-0.1, -0.05) is 13.8 Å². The van der Waals surface area contributed by atoms with E-state index in [4.69, 9.17) is 4.74 Å². The zero-order valence-electron chi connectivity index (χ0n) is 13.9. The minimum absolute atomic E-state index is 0.197. The van der Waals surface area contributed by atoms with Crippen molar-refractivity contribution in [2.75, 3.05) is 0 Å². The maximum atomic E-state index is 13.9. The van der Waals surface area contributed by atoms with Gasteiger partial charge in [-0.2, -0.15) is 8.78 Å². The number of carbonyl (C=O) groups is 2. The summed E-state index contributed by atoms with van der Waals surface area (Å²) in [4.78, 5) is 23.5. The topological polar surface area (TPSA) is 86.7 Å². The van der Waals surface area contributed by atoms with E-state index in [0.29, 0.717) is 25.7 Å². The maximum Gasteiger partial charge on any atom is 0.323 e. The SMILES string of the molecule is CC(C)C(OC(=O)C12CC3CC(CC(O)(C3)C1)C2)C(F)(F)C(=O)[O-]. The van der Waals surface area contributed by atoms with E-state index in [1.807, 2.05) is 0 Å². The number of esters is 1. The highest BCUT2D eigenvalue weighted by atomic mass is 19.3. The molecule has 0 aromatic heterocycles. The van der Waals surface area contributed by atoms with Crippen molar-refractivity contribution in [1.29, 1.82) is 0 Å². The van der Waals surface area contributed by atoms with Crippen molar-refractivity contribution in [3.8, 4) is 0 Å². The van der Waals surface area contributed by atoms with E-state index in [2.05, 4.69) is 0 Å². The highest BCUT2D eigenvalue weighted by molar-refractivity contribution is 5.79. The average Bonchev–Trinajstić information content (AvgIpc) is 2.40. The van der Waals surface area contributed by atoms with E-state index in [-0.39, 0.29) is 18.3 Å². The lowest BCUT2D eigenvalue weighted by Crippen LogP contribution is -2.60. The van der Waals surface area contributed by atoms with Crippen molar-refractivity contribution >= 4 is 11.9 Å². The second kappa shape index (κ2) is 5.38. The minimum atomic E-state index is -4.25. The van der Waals surface area contributed by atoms with Gasteiger partial charge in [0.25, 0.3) is 0 Å². The highest BCUT2D eigenvalue weighted by Crippen LogP contribution is 2.62. The number of ether oxygens (including phenoxy) is 1. The first-order valence-corrected chi connectivity index (χ1v) is 8.50. The fraction of sp³-hybridized carbons (Fsp3) is 0.882. The normalized spacial score (nSPS) is 39.1. The van der Waals surface area contributed by atoms with Crippen molar-refractivity contribution in [2.24, 2.45) is 23.2 Å². The summed E-state index contributed by atoms with van der Waals surface area (Å²) in [6, 6.07) is 0. The van der Waals surface area contributed by atoms with Gasteiger partial charge < -0.3 is 19.7 Å². The first kappa shape index (κ1) is 17.6. The fourth-order valence-corrected chi connectivity index (χ4v) is 5.44. The molecule has 0 aliphatic heterocycles. The molecule has 4 rings (SSSR count). The Morgan fingerprint density at radius 1 is 1.21 bits per heavy atom. The Labute approximate surface area is 139 Å². The molecule has 4 aliphatic rings. The van der Waals surface area contributed by atoms with Gasteiger partial charge in [0.1, 0.15) is 5.97 Å². The van der Waals surface area contributed by atoms with E-state index >= 15 is 0 Å². The third kappa shape index (κ3) is 2.70. The molecule has 3 atom stereocenters. The lowest BCUT2D eigenvalue weighted by Gasteiger charge is -2.59. The largest absolute Gasteiger partial charge is 0.544 e. The number of halogens is 2. The summed E-state index contributed by atoms with van der Waals surface area (Å²) in [5.41, 5.74) is -1.89. The Kier molecular flexibility index (Phi) is 3.94. The van der Waals surface area contributed by atoms with Crippen LogP contribution in [0.2, 0.25) is 0 Å². The molecule has 5 nitrogen and oxygen atoms in total. The average molecular weight is 345 g/mol. The molecule has 0 aromatic rings. The monoisotopic (exact) mass is 345 g/mol. The van der Waals surface area contributed by atoms with Gasteiger partial charge in [-0.05, 0) is 56.3 Å². The zero-order valence-corrected chi connectivity index (χ0v) is 13.9. The number of carbonyl (C=O) groups excluding carboxylic acids is 2. The molecule has 0 amide bonds. The summed E-state index contributed by atoms with van der Waals surface area (Å²) in [6.45, 7) is 2.75. The Hall–Kier alpha value is -1.24. The molecule has 4 fully saturated rings. The molecule has 136 valence electrons. The Balaban J connectivity index is 1.82. The Morgan fingerprint density at radius 2 is 1.75 bits per heavy atom. The van der Waals surface area contributed by atoms with Crippen LogP contribution in [-0.2, 0) is 14.3 Å². The van der Waals surface area contributed by atoms with E-state index < -0.39 is 40.9 Å². The van der Waals surface area contributed by atoms with Crippen molar-refractivity contribution < 1.29 is 33.3 Å². The van der Waals surface area contributed by atoms with Crippen LogP contribution in [0.4, 0.5) is 8.78 Å². The first-order chi connectivity index (χ1) is 11.0. The molecule has 4 bridgehead atoms. The van der Waals surface area contributed by atoms with Crippen LogP contribution in [0.3, 0.4) is 0 Å². The van der Waals surface area contributed by atoms with Crippen LogP contribution < -0.4 is 5.11 Å². The molecule has 0 saturated heterocycles. The molecule has 24 heavy (non-hydrogen) atoms. The number of aliphatic carboxylic acids is 1. The number of alkyl halides is 2. The summed E-state index contributed by atoms with van der Waals surface area (Å²) in [6.07, 6.45) is 1.41. The lowest BCUT2D eigenvalue weighted by molar-refractivity contribution is -0.338. The molecule has 0 aromatic carbocycles. The molecule has 3 unspecified atom stereocenters. The number of carboxylic acids is 1. The number of rotatable bonds is 5. The smallest absolute Gasteiger partial charge is 0.323 e. The van der Waals surface area contributed by atoms with E-state index in [1.54, 1.807) is 0 Å². The molecular formula is C17H23F2O5-. The van der Waals surface area contributed by atoms with Gasteiger partial charge >= 0.3 is 11.9 Å². The fourth-order valence-electron chi connectivity index (χ4n) is 5.44. The van der Waals surface area contributed by atoms with Gasteiger partial charge in [-0.3, -0.25) is 4.79 Å². The summed E-state index contributed by atoms with van der Waals surface area (Å²) in [5.74, 6) is -8.07. The van der Waals surface area contributed by atoms with Crippen LogP contribution in [0.25, 0.3) is 0 Å². The standard InChI is InChI=1S/C17H24F2O5/c1-9(2)12(17(18,19)13(20)21)24-14(22)15-4-10-3-11(5-15)7-16(23,6-10)8-15/h9-12,23H,3-8H2,1-2H3,(H,20,21)/p-1. The van der Waals surface area contributed by atoms with Crippen LogP contribution in [0, 0.1) is 23.2 Å². The third-order valence-electron chi connectivity index (χ3n) is 5.93. The van der Waals surface area contributed by atoms with Gasteiger partial charge in [0.2, 0.25) is 0 Å². The van der Waals surface area contributed by atoms with Crippen LogP contribution in [0.15, 0.2) is 0 Å². The number of hydrogen-bond acceptors (Lipinski definition) is 5. The van der Waals surface area contributed by atoms with E-state index in [1.165, 1.54) is 13.8 Å². The number of carboxylic acid groups (broad SMARTS) is 1. The Morgan fingerprint density at radius 3 is 2.17 bits per heavy atom. The summed E-state index contributed by atoms with van der Waals surface area (Å²) >= 11 is 0. The van der Waals surface area contributed by atoms with Crippen molar-refractivity contribution in [3.63, 3.8) is 0 Å². The van der Waals surface area contributed by atoms with E-state index in [9.17, 15) is 28.6 Å². The van der Waals surface area contributed by atoms with Gasteiger partial charge in [-0.15, -0.1) is 0 Å². The summed E-state index contributed by atoms with van der Waals surface area (Å²) < 4.78 is 32.8. The highest BCUT2D eigenvalue weighted by Gasteiger charge is 2.61. The second-order valence-electron chi connectivity index (χ2n) is 8.45. The second-order valence-corrected chi connectivity index (χ2v) is 8.45.